The normalized spacial score (nSPS) is 11.1. The summed E-state index contributed by atoms with van der Waals surface area (Å²) in [4.78, 5) is 27.1. The topological polar surface area (TPSA) is 92.1 Å². The summed E-state index contributed by atoms with van der Waals surface area (Å²) in [6, 6.07) is 5.98. The first-order chi connectivity index (χ1) is 8.69. The van der Waals surface area contributed by atoms with E-state index in [1.807, 2.05) is 6.07 Å². The predicted molar refractivity (Wildman–Crippen MR) is 62.4 cm³/mol. The Labute approximate surface area is 105 Å². The van der Waals surface area contributed by atoms with E-state index in [4.69, 9.17) is 5.26 Å². The number of hydrogen-bond donors (Lipinski definition) is 1. The Hall–Kier alpha value is -2.42. The number of nitrogens with one attached hydrogen (secondary N) is 1. The minimum Gasteiger partial charge on any atom is -0.467 e. The van der Waals surface area contributed by atoms with Gasteiger partial charge in [-0.05, 0) is 18.6 Å². The van der Waals surface area contributed by atoms with Crippen molar-refractivity contribution in [2.45, 2.75) is 18.9 Å². The fourth-order valence-electron chi connectivity index (χ4n) is 1.33. The first-order valence-electron chi connectivity index (χ1n) is 5.35. The molecule has 6 nitrogen and oxygen atoms in total. The fraction of sp³-hybridized carbons (Fsp3) is 0.333. The largest absolute Gasteiger partial charge is 0.467 e. The Kier molecular flexibility index (Phi) is 5.32. The van der Waals surface area contributed by atoms with E-state index in [-0.39, 0.29) is 18.5 Å². The van der Waals surface area contributed by atoms with Gasteiger partial charge in [-0.25, -0.2) is 4.79 Å². The van der Waals surface area contributed by atoms with Crippen molar-refractivity contribution < 1.29 is 14.3 Å². The lowest BCUT2D eigenvalue weighted by Crippen LogP contribution is -2.41. The second-order valence-electron chi connectivity index (χ2n) is 3.46. The first kappa shape index (κ1) is 13.6. The second-order valence-corrected chi connectivity index (χ2v) is 3.46. The molecule has 0 aliphatic carbocycles. The van der Waals surface area contributed by atoms with Gasteiger partial charge in [-0.3, -0.25) is 9.78 Å². The molecule has 1 atom stereocenters. The number of nitrogens with zero attached hydrogens (tertiary/aromatic N) is 2. The molecule has 18 heavy (non-hydrogen) atoms. The van der Waals surface area contributed by atoms with Crippen molar-refractivity contribution >= 4 is 11.9 Å². The molecule has 6 heteroatoms. The Morgan fingerprint density at radius 3 is 2.89 bits per heavy atom. The van der Waals surface area contributed by atoms with Gasteiger partial charge in [-0.15, -0.1) is 0 Å². The lowest BCUT2D eigenvalue weighted by atomic mass is 10.1. The number of amides is 1. The number of ether oxygens (including phenoxy) is 1. The van der Waals surface area contributed by atoms with Crippen LogP contribution in [0.3, 0.4) is 0 Å². The number of carbonyl (C=O) groups excluding carboxylic acids is 2. The van der Waals surface area contributed by atoms with Crippen molar-refractivity contribution in [3.8, 4) is 6.07 Å². The van der Waals surface area contributed by atoms with E-state index in [0.717, 1.165) is 0 Å². The summed E-state index contributed by atoms with van der Waals surface area (Å²) in [6.07, 6.45) is 1.85. The summed E-state index contributed by atoms with van der Waals surface area (Å²) in [5.41, 5.74) is 0.211. The predicted octanol–water partition coefficient (Wildman–Crippen LogP) is 0.657. The van der Waals surface area contributed by atoms with Crippen LogP contribution in [0.25, 0.3) is 0 Å². The Morgan fingerprint density at radius 2 is 2.33 bits per heavy atom. The third kappa shape index (κ3) is 3.87. The third-order valence-corrected chi connectivity index (χ3v) is 2.23. The smallest absolute Gasteiger partial charge is 0.328 e. The van der Waals surface area contributed by atoms with Crippen LogP contribution in [0, 0.1) is 11.3 Å². The van der Waals surface area contributed by atoms with Crippen LogP contribution in [0.2, 0.25) is 0 Å². The van der Waals surface area contributed by atoms with Crippen molar-refractivity contribution in [1.82, 2.24) is 10.3 Å². The Morgan fingerprint density at radius 1 is 1.56 bits per heavy atom. The van der Waals surface area contributed by atoms with Gasteiger partial charge >= 0.3 is 5.97 Å². The highest BCUT2D eigenvalue weighted by molar-refractivity contribution is 5.95. The average Bonchev–Trinajstić information content (AvgIpc) is 2.43. The highest BCUT2D eigenvalue weighted by atomic mass is 16.5. The molecule has 0 aromatic carbocycles. The quantitative estimate of drug-likeness (QED) is 0.771. The molecule has 1 aromatic rings. The van der Waals surface area contributed by atoms with E-state index in [1.165, 1.54) is 19.4 Å². The van der Waals surface area contributed by atoms with Gasteiger partial charge < -0.3 is 10.1 Å². The molecular weight excluding hydrogens is 234 g/mol. The number of esters is 1. The highest BCUT2D eigenvalue weighted by Crippen LogP contribution is 2.01. The fourth-order valence-corrected chi connectivity index (χ4v) is 1.33. The minimum atomic E-state index is -0.829. The van der Waals surface area contributed by atoms with Crippen LogP contribution < -0.4 is 5.32 Å². The van der Waals surface area contributed by atoms with Crippen molar-refractivity contribution in [3.05, 3.63) is 30.1 Å². The SMILES string of the molecule is COC(=O)[C@@H](CCC#N)NC(=O)c1ccccn1. The van der Waals surface area contributed by atoms with E-state index in [9.17, 15) is 9.59 Å². The molecule has 0 aliphatic heterocycles. The molecule has 1 aromatic heterocycles. The Balaban J connectivity index is 2.69. The Bertz CT molecular complexity index is 453. The molecular formula is C12H13N3O3. The number of nitriles is 1. The van der Waals surface area contributed by atoms with Gasteiger partial charge in [0.2, 0.25) is 0 Å². The third-order valence-electron chi connectivity index (χ3n) is 2.23. The van der Waals surface area contributed by atoms with Crippen LogP contribution in [0.15, 0.2) is 24.4 Å². The molecule has 0 unspecified atom stereocenters. The zero-order chi connectivity index (χ0) is 13.4. The number of methoxy groups -OCH3 is 1. The molecule has 0 saturated carbocycles. The van der Waals surface area contributed by atoms with Gasteiger partial charge in [0.25, 0.3) is 5.91 Å². The summed E-state index contributed by atoms with van der Waals surface area (Å²) in [5, 5.41) is 11.0. The maximum absolute atomic E-state index is 11.8. The van der Waals surface area contributed by atoms with Crippen LogP contribution in [0.5, 0.6) is 0 Å². The molecule has 0 saturated heterocycles. The van der Waals surface area contributed by atoms with Gasteiger partial charge in [0.05, 0.1) is 13.2 Å². The number of rotatable bonds is 5. The van der Waals surface area contributed by atoms with Gasteiger partial charge in [0, 0.05) is 12.6 Å². The summed E-state index contributed by atoms with van der Waals surface area (Å²) in [6.45, 7) is 0. The summed E-state index contributed by atoms with van der Waals surface area (Å²) in [7, 11) is 1.23. The van der Waals surface area contributed by atoms with Crippen LogP contribution in [0.1, 0.15) is 23.3 Å². The molecule has 1 rings (SSSR count). The monoisotopic (exact) mass is 247 g/mol. The molecule has 0 bridgehead atoms. The molecule has 0 aliphatic rings. The zero-order valence-electron chi connectivity index (χ0n) is 9.92. The number of pyridine rings is 1. The number of carbonyl (C=O) groups is 2. The summed E-state index contributed by atoms with van der Waals surface area (Å²) in [5.74, 6) is -1.04. The molecule has 0 fully saturated rings. The lowest BCUT2D eigenvalue weighted by Gasteiger charge is -2.14. The summed E-state index contributed by atoms with van der Waals surface area (Å²) < 4.78 is 4.56. The second kappa shape index (κ2) is 7.01. The van der Waals surface area contributed by atoms with E-state index in [2.05, 4.69) is 15.0 Å². The standard InChI is InChI=1S/C12H13N3O3/c1-18-12(17)10(6-4-7-13)15-11(16)9-5-2-3-8-14-9/h2-3,5,8,10H,4,6H2,1H3,(H,15,16)/t10-/m1/s1. The highest BCUT2D eigenvalue weighted by Gasteiger charge is 2.21. The van der Waals surface area contributed by atoms with Gasteiger partial charge in [-0.2, -0.15) is 5.26 Å². The van der Waals surface area contributed by atoms with E-state index < -0.39 is 17.9 Å². The van der Waals surface area contributed by atoms with Crippen molar-refractivity contribution in [1.29, 1.82) is 5.26 Å². The van der Waals surface area contributed by atoms with Crippen LogP contribution in [0.4, 0.5) is 0 Å². The average molecular weight is 247 g/mol. The maximum atomic E-state index is 11.8. The molecule has 1 amide bonds. The van der Waals surface area contributed by atoms with Gasteiger partial charge in [0.1, 0.15) is 11.7 Å². The van der Waals surface area contributed by atoms with Crippen LogP contribution >= 0.6 is 0 Å². The van der Waals surface area contributed by atoms with E-state index in [1.54, 1.807) is 12.1 Å². The van der Waals surface area contributed by atoms with E-state index >= 15 is 0 Å². The van der Waals surface area contributed by atoms with E-state index in [0.29, 0.717) is 0 Å². The van der Waals surface area contributed by atoms with Crippen molar-refractivity contribution in [2.24, 2.45) is 0 Å². The molecule has 1 heterocycles. The summed E-state index contributed by atoms with van der Waals surface area (Å²) >= 11 is 0. The molecule has 0 radical (unpaired) electrons. The lowest BCUT2D eigenvalue weighted by molar-refractivity contribution is -0.143. The molecule has 1 N–H and O–H groups in total. The maximum Gasteiger partial charge on any atom is 0.328 e. The molecule has 0 spiro atoms. The minimum absolute atomic E-state index is 0.155. The molecule has 94 valence electrons. The number of aromatic nitrogens is 1. The van der Waals surface area contributed by atoms with Crippen molar-refractivity contribution in [2.75, 3.05) is 7.11 Å². The van der Waals surface area contributed by atoms with Crippen molar-refractivity contribution in [3.63, 3.8) is 0 Å². The van der Waals surface area contributed by atoms with Gasteiger partial charge in [0.15, 0.2) is 0 Å². The van der Waals surface area contributed by atoms with Gasteiger partial charge in [-0.1, -0.05) is 6.07 Å². The zero-order valence-corrected chi connectivity index (χ0v) is 9.92. The first-order valence-corrected chi connectivity index (χ1v) is 5.35. The van der Waals surface area contributed by atoms with Crippen LogP contribution in [-0.2, 0) is 9.53 Å². The number of hydrogen-bond acceptors (Lipinski definition) is 5. The van der Waals surface area contributed by atoms with Crippen LogP contribution in [-0.4, -0.2) is 30.0 Å².